The number of hydrogen-bond donors (Lipinski definition) is 0. The Labute approximate surface area is 112 Å². The Kier molecular flexibility index (Phi) is 4.51. The average molecular weight is 266 g/mol. The molecule has 0 N–H and O–H groups in total. The highest BCUT2D eigenvalue weighted by Gasteiger charge is 2.23. The summed E-state index contributed by atoms with van der Waals surface area (Å²) in [5.41, 5.74) is 1.48. The van der Waals surface area contributed by atoms with Gasteiger partial charge < -0.3 is 4.57 Å². The summed E-state index contributed by atoms with van der Waals surface area (Å²) in [7, 11) is 0. The minimum Gasteiger partial charge on any atom is -0.320 e. The van der Waals surface area contributed by atoms with E-state index in [0.29, 0.717) is 5.52 Å². The molecule has 0 fully saturated rings. The van der Waals surface area contributed by atoms with E-state index in [1.165, 1.54) is 0 Å². The number of alkyl halides is 2. The Morgan fingerprint density at radius 3 is 2.58 bits per heavy atom. The van der Waals surface area contributed by atoms with Crippen LogP contribution in [0.2, 0.25) is 0 Å². The van der Waals surface area contributed by atoms with Gasteiger partial charge in [-0.2, -0.15) is 0 Å². The van der Waals surface area contributed by atoms with Crippen LogP contribution in [0.5, 0.6) is 0 Å². The van der Waals surface area contributed by atoms with Gasteiger partial charge in [0, 0.05) is 6.04 Å². The van der Waals surface area contributed by atoms with Crippen molar-refractivity contribution in [1.82, 2.24) is 9.55 Å². The lowest BCUT2D eigenvalue weighted by molar-refractivity contribution is 0.132. The number of unbranched alkanes of at least 4 members (excludes halogenated alkanes) is 1. The van der Waals surface area contributed by atoms with Gasteiger partial charge in [0.2, 0.25) is 0 Å². The number of halogens is 2. The molecule has 0 spiro atoms. The molecule has 1 heterocycles. The number of fused-ring (bicyclic) bond motifs is 1. The van der Waals surface area contributed by atoms with E-state index in [1.807, 2.05) is 25.1 Å². The maximum atomic E-state index is 13.2. The van der Waals surface area contributed by atoms with Crippen LogP contribution in [0.25, 0.3) is 11.0 Å². The molecule has 1 atom stereocenters. The van der Waals surface area contributed by atoms with E-state index in [9.17, 15) is 8.78 Å². The van der Waals surface area contributed by atoms with Gasteiger partial charge in [-0.15, -0.1) is 0 Å². The lowest BCUT2D eigenvalue weighted by atomic mass is 10.1. The summed E-state index contributed by atoms with van der Waals surface area (Å²) in [6.07, 6.45) is 1.37. The third kappa shape index (κ3) is 2.77. The monoisotopic (exact) mass is 266 g/mol. The Morgan fingerprint density at radius 2 is 1.95 bits per heavy atom. The van der Waals surface area contributed by atoms with Gasteiger partial charge in [0.25, 0.3) is 6.43 Å². The number of hydrogen-bond acceptors (Lipinski definition) is 1. The zero-order valence-electron chi connectivity index (χ0n) is 11.4. The average Bonchev–Trinajstić information content (AvgIpc) is 2.80. The summed E-state index contributed by atoms with van der Waals surface area (Å²) in [6, 6.07) is 7.49. The first-order chi connectivity index (χ1) is 9.19. The highest BCUT2D eigenvalue weighted by Crippen LogP contribution is 2.31. The topological polar surface area (TPSA) is 17.8 Å². The number of nitrogens with zero attached hydrogens (tertiary/aromatic N) is 2. The van der Waals surface area contributed by atoms with Crippen LogP contribution in [-0.2, 0) is 0 Å². The molecule has 104 valence electrons. The second-order valence-corrected chi connectivity index (χ2v) is 4.83. The summed E-state index contributed by atoms with van der Waals surface area (Å²) in [5, 5.41) is 0. The zero-order valence-corrected chi connectivity index (χ0v) is 11.4. The Bertz CT molecular complexity index is 534. The van der Waals surface area contributed by atoms with E-state index >= 15 is 0 Å². The third-order valence-corrected chi connectivity index (χ3v) is 3.55. The standard InChI is InChI=1S/C15H20F2N2/c1-3-5-8-11(4-2)19-13-10-7-6-9-12(13)18-15(19)14(16)17/h6-7,9-11,14H,3-5,8H2,1-2H3. The van der Waals surface area contributed by atoms with Crippen molar-refractivity contribution in [2.75, 3.05) is 0 Å². The lowest BCUT2D eigenvalue weighted by Gasteiger charge is -2.20. The van der Waals surface area contributed by atoms with E-state index in [4.69, 9.17) is 0 Å². The molecule has 1 aromatic carbocycles. The van der Waals surface area contributed by atoms with Gasteiger partial charge in [-0.3, -0.25) is 0 Å². The Morgan fingerprint density at radius 1 is 1.21 bits per heavy atom. The normalized spacial score (nSPS) is 13.3. The maximum Gasteiger partial charge on any atom is 0.295 e. The van der Waals surface area contributed by atoms with Crippen LogP contribution in [0.1, 0.15) is 57.8 Å². The van der Waals surface area contributed by atoms with Gasteiger partial charge >= 0.3 is 0 Å². The number of benzene rings is 1. The molecule has 0 aliphatic carbocycles. The van der Waals surface area contributed by atoms with Crippen molar-refractivity contribution in [3.05, 3.63) is 30.1 Å². The number of imidazole rings is 1. The van der Waals surface area contributed by atoms with Gasteiger partial charge in [-0.1, -0.05) is 38.8 Å². The van der Waals surface area contributed by atoms with Crippen LogP contribution in [0.3, 0.4) is 0 Å². The molecular formula is C15H20F2N2. The number of rotatable bonds is 6. The number of para-hydroxylation sites is 2. The van der Waals surface area contributed by atoms with Crippen molar-refractivity contribution in [2.45, 2.75) is 52.0 Å². The van der Waals surface area contributed by atoms with Crippen molar-refractivity contribution in [3.8, 4) is 0 Å². The molecule has 0 saturated heterocycles. The van der Waals surface area contributed by atoms with Gasteiger partial charge in [0.1, 0.15) is 0 Å². The first-order valence-corrected chi connectivity index (χ1v) is 6.94. The lowest BCUT2D eigenvalue weighted by Crippen LogP contribution is -2.12. The molecule has 0 saturated carbocycles. The fourth-order valence-corrected chi connectivity index (χ4v) is 2.56. The Balaban J connectivity index is 2.51. The predicted octanol–water partition coefficient (Wildman–Crippen LogP) is 5.12. The van der Waals surface area contributed by atoms with Crippen LogP contribution in [0.15, 0.2) is 24.3 Å². The summed E-state index contributed by atoms with van der Waals surface area (Å²) in [6.45, 7) is 4.16. The fourth-order valence-electron chi connectivity index (χ4n) is 2.56. The molecule has 0 aliphatic rings. The van der Waals surface area contributed by atoms with Crippen molar-refractivity contribution in [1.29, 1.82) is 0 Å². The molecule has 1 aromatic heterocycles. The molecule has 0 bridgehead atoms. The SMILES string of the molecule is CCCCC(CC)n1c(C(F)F)nc2ccccc21. The van der Waals surface area contributed by atoms with E-state index in [2.05, 4.69) is 11.9 Å². The van der Waals surface area contributed by atoms with Gasteiger partial charge in [0.15, 0.2) is 5.82 Å². The van der Waals surface area contributed by atoms with Crippen LogP contribution < -0.4 is 0 Å². The van der Waals surface area contributed by atoms with Gasteiger partial charge in [-0.25, -0.2) is 13.8 Å². The van der Waals surface area contributed by atoms with E-state index < -0.39 is 6.43 Å². The van der Waals surface area contributed by atoms with Crippen molar-refractivity contribution in [3.63, 3.8) is 0 Å². The first-order valence-electron chi connectivity index (χ1n) is 6.94. The largest absolute Gasteiger partial charge is 0.320 e. The quantitative estimate of drug-likeness (QED) is 0.710. The second kappa shape index (κ2) is 6.13. The molecule has 1 unspecified atom stereocenters. The number of aromatic nitrogens is 2. The highest BCUT2D eigenvalue weighted by molar-refractivity contribution is 5.76. The van der Waals surface area contributed by atoms with Crippen molar-refractivity contribution < 1.29 is 8.78 Å². The molecule has 0 aliphatic heterocycles. The summed E-state index contributed by atoms with van der Waals surface area (Å²) in [5.74, 6) is -0.0934. The molecule has 19 heavy (non-hydrogen) atoms. The summed E-state index contributed by atoms with van der Waals surface area (Å²) < 4.78 is 28.1. The van der Waals surface area contributed by atoms with E-state index in [1.54, 1.807) is 10.6 Å². The molecular weight excluding hydrogens is 246 g/mol. The second-order valence-electron chi connectivity index (χ2n) is 4.83. The first kappa shape index (κ1) is 14.0. The maximum absolute atomic E-state index is 13.2. The van der Waals surface area contributed by atoms with Crippen molar-refractivity contribution >= 4 is 11.0 Å². The van der Waals surface area contributed by atoms with Gasteiger partial charge in [0.05, 0.1) is 11.0 Å². The predicted molar refractivity (Wildman–Crippen MR) is 73.5 cm³/mol. The van der Waals surface area contributed by atoms with Crippen LogP contribution in [0.4, 0.5) is 8.78 Å². The summed E-state index contributed by atoms with van der Waals surface area (Å²) in [4.78, 5) is 4.10. The van der Waals surface area contributed by atoms with E-state index in [0.717, 1.165) is 31.2 Å². The van der Waals surface area contributed by atoms with E-state index in [-0.39, 0.29) is 11.9 Å². The van der Waals surface area contributed by atoms with Gasteiger partial charge in [-0.05, 0) is 25.0 Å². The molecule has 2 nitrogen and oxygen atoms in total. The molecule has 0 amide bonds. The molecule has 4 heteroatoms. The molecule has 2 rings (SSSR count). The summed E-state index contributed by atoms with van der Waals surface area (Å²) >= 11 is 0. The molecule has 2 aromatic rings. The smallest absolute Gasteiger partial charge is 0.295 e. The third-order valence-electron chi connectivity index (χ3n) is 3.55. The minimum absolute atomic E-state index is 0.0934. The van der Waals surface area contributed by atoms with Crippen LogP contribution in [0, 0.1) is 0 Å². The fraction of sp³-hybridized carbons (Fsp3) is 0.533. The van der Waals surface area contributed by atoms with Crippen molar-refractivity contribution in [2.24, 2.45) is 0 Å². The van der Waals surface area contributed by atoms with Crippen LogP contribution >= 0.6 is 0 Å². The minimum atomic E-state index is -2.52. The molecule has 0 radical (unpaired) electrons. The zero-order chi connectivity index (χ0) is 13.8. The highest BCUT2D eigenvalue weighted by atomic mass is 19.3. The Hall–Kier alpha value is -1.45. The van der Waals surface area contributed by atoms with Crippen LogP contribution in [-0.4, -0.2) is 9.55 Å².